The highest BCUT2D eigenvalue weighted by atomic mass is 28.3. The summed E-state index contributed by atoms with van der Waals surface area (Å²) in [5.41, 5.74) is 5.64. The van der Waals surface area contributed by atoms with Crippen molar-refractivity contribution in [2.24, 2.45) is 0 Å². The van der Waals surface area contributed by atoms with Gasteiger partial charge >= 0.3 is 0 Å². The molecule has 1 heteroatoms. The van der Waals surface area contributed by atoms with Crippen LogP contribution >= 0.6 is 0 Å². The fourth-order valence-corrected chi connectivity index (χ4v) is 1.84. The van der Waals surface area contributed by atoms with Crippen LogP contribution in [0.3, 0.4) is 0 Å². The van der Waals surface area contributed by atoms with Crippen LogP contribution in [0.4, 0.5) is 0 Å². The highest BCUT2D eigenvalue weighted by molar-refractivity contribution is 6.84. The number of terminal acetylenes is 1. The Hall–Kier alpha value is -0.703. The Morgan fingerprint density at radius 1 is 1.27 bits per heavy atom. The first-order valence-electron chi connectivity index (χ1n) is 5.67. The zero-order chi connectivity index (χ0) is 11.9. The predicted octanol–water partition coefficient (Wildman–Crippen LogP) is 4.55. The minimum Gasteiger partial charge on any atom is -0.134 e. The lowest BCUT2D eigenvalue weighted by atomic mass is 10.2. The summed E-state index contributed by atoms with van der Waals surface area (Å²) in [7, 11) is -1.28. The minimum atomic E-state index is -1.28. The summed E-state index contributed by atoms with van der Waals surface area (Å²) < 4.78 is 0. The molecular weight excluding hydrogens is 196 g/mol. The van der Waals surface area contributed by atoms with Crippen LogP contribution in [0.25, 0.3) is 0 Å². The molecule has 0 rings (SSSR count). The van der Waals surface area contributed by atoms with Gasteiger partial charge in [0.1, 0.15) is 0 Å². The molecular formula is C14H24Si. The first-order chi connectivity index (χ1) is 6.81. The van der Waals surface area contributed by atoms with E-state index in [1.165, 1.54) is 0 Å². The Balaban J connectivity index is 4.22. The third-order valence-corrected chi connectivity index (χ3v) is 7.92. The smallest absolute Gasteiger partial charge is 0.0864 e. The molecule has 0 saturated carbocycles. The summed E-state index contributed by atoms with van der Waals surface area (Å²) in [6.45, 7) is 11.7. The van der Waals surface area contributed by atoms with Crippen LogP contribution in [0.15, 0.2) is 17.5 Å². The molecule has 0 amide bonds. The molecule has 0 aliphatic heterocycles. The van der Waals surface area contributed by atoms with Crippen molar-refractivity contribution in [1.82, 2.24) is 0 Å². The fraction of sp³-hybridized carbons (Fsp3) is 0.643. The second kappa shape index (κ2) is 6.01. The van der Waals surface area contributed by atoms with Gasteiger partial charge in [-0.25, -0.2) is 0 Å². The first-order valence-corrected chi connectivity index (χ1v) is 8.74. The van der Waals surface area contributed by atoms with Gasteiger partial charge in [0.2, 0.25) is 0 Å². The lowest BCUT2D eigenvalue weighted by Gasteiger charge is -2.33. The van der Waals surface area contributed by atoms with Crippen molar-refractivity contribution >= 4 is 8.07 Å². The normalized spacial score (nSPS) is 11.5. The highest BCUT2D eigenvalue weighted by Gasteiger charge is 2.32. The van der Waals surface area contributed by atoms with Crippen LogP contribution in [0, 0.1) is 12.3 Å². The number of hydrogen-bond acceptors (Lipinski definition) is 0. The van der Waals surface area contributed by atoms with E-state index >= 15 is 0 Å². The van der Waals surface area contributed by atoms with Gasteiger partial charge in [-0.3, -0.25) is 0 Å². The maximum absolute atomic E-state index is 5.18. The van der Waals surface area contributed by atoms with Crippen LogP contribution in [-0.4, -0.2) is 8.07 Å². The fourth-order valence-electron chi connectivity index (χ4n) is 0.873. The van der Waals surface area contributed by atoms with E-state index in [2.05, 4.69) is 57.3 Å². The first kappa shape index (κ1) is 14.3. The molecule has 0 atom stereocenters. The third kappa shape index (κ3) is 5.67. The van der Waals surface area contributed by atoms with Crippen LogP contribution in [0.5, 0.6) is 0 Å². The monoisotopic (exact) mass is 220 g/mol. The van der Waals surface area contributed by atoms with Crippen molar-refractivity contribution in [1.29, 1.82) is 0 Å². The van der Waals surface area contributed by atoms with Gasteiger partial charge in [0, 0.05) is 6.42 Å². The highest BCUT2D eigenvalue weighted by Crippen LogP contribution is 2.36. The topological polar surface area (TPSA) is 0 Å². The molecule has 0 bridgehead atoms. The van der Waals surface area contributed by atoms with Crippen LogP contribution in [-0.2, 0) is 0 Å². The summed E-state index contributed by atoms with van der Waals surface area (Å²) >= 11 is 0. The Bertz CT molecular complexity index is 277. The van der Waals surface area contributed by atoms with Gasteiger partial charge in [-0.05, 0) is 24.0 Å². The Morgan fingerprint density at radius 3 is 2.33 bits per heavy atom. The SMILES string of the molecule is C#CCCCC=C=C[Si](C)(C)C(C)(C)C. The standard InChI is InChI=1S/C14H24Si/c1-7-8-9-10-11-12-13-15(5,6)14(2,3)4/h1,11,13H,8-10H2,2-6H3. The zero-order valence-electron chi connectivity index (χ0n) is 10.9. The number of unbranched alkanes of at least 4 members (excludes halogenated alkanes) is 2. The molecule has 0 nitrogen and oxygen atoms in total. The molecule has 0 fully saturated rings. The maximum Gasteiger partial charge on any atom is 0.0864 e. The van der Waals surface area contributed by atoms with Crippen molar-refractivity contribution in [3.8, 4) is 12.3 Å². The van der Waals surface area contributed by atoms with Crippen LogP contribution in [0.1, 0.15) is 40.0 Å². The quantitative estimate of drug-likeness (QED) is 0.282. The molecule has 0 unspecified atom stereocenters. The molecule has 15 heavy (non-hydrogen) atoms. The number of allylic oxidation sites excluding steroid dienone is 1. The van der Waals surface area contributed by atoms with Gasteiger partial charge in [-0.15, -0.1) is 18.1 Å². The van der Waals surface area contributed by atoms with Crippen molar-refractivity contribution in [2.75, 3.05) is 0 Å². The molecule has 0 radical (unpaired) electrons. The zero-order valence-corrected chi connectivity index (χ0v) is 11.9. The predicted molar refractivity (Wildman–Crippen MR) is 72.5 cm³/mol. The molecule has 84 valence electrons. The van der Waals surface area contributed by atoms with Gasteiger partial charge in [0.05, 0.1) is 8.07 Å². The number of hydrogen-bond donors (Lipinski definition) is 0. The second-order valence-corrected chi connectivity index (χ2v) is 10.8. The summed E-state index contributed by atoms with van der Waals surface area (Å²) in [4.78, 5) is 0. The Morgan fingerprint density at radius 2 is 1.87 bits per heavy atom. The van der Waals surface area contributed by atoms with Gasteiger partial charge in [0.15, 0.2) is 0 Å². The molecule has 0 aliphatic carbocycles. The summed E-state index contributed by atoms with van der Waals surface area (Å²) in [6.07, 6.45) is 10.3. The lowest BCUT2D eigenvalue weighted by Crippen LogP contribution is -2.34. The molecule has 0 N–H and O–H groups in total. The van der Waals surface area contributed by atoms with E-state index in [0.717, 1.165) is 19.3 Å². The van der Waals surface area contributed by atoms with E-state index in [0.29, 0.717) is 5.04 Å². The molecule has 0 spiro atoms. The van der Waals surface area contributed by atoms with Crippen molar-refractivity contribution in [3.63, 3.8) is 0 Å². The van der Waals surface area contributed by atoms with E-state index in [-0.39, 0.29) is 0 Å². The van der Waals surface area contributed by atoms with Gasteiger partial charge in [-0.2, -0.15) is 0 Å². The summed E-state index contributed by atoms with van der Waals surface area (Å²) in [5, 5.41) is 0.409. The van der Waals surface area contributed by atoms with Crippen molar-refractivity contribution < 1.29 is 0 Å². The molecule has 0 aromatic heterocycles. The molecule has 0 heterocycles. The van der Waals surface area contributed by atoms with Crippen LogP contribution in [0.2, 0.25) is 18.1 Å². The molecule has 0 aliphatic rings. The maximum atomic E-state index is 5.18. The summed E-state index contributed by atoms with van der Waals surface area (Å²) in [5.74, 6) is 2.65. The average molecular weight is 220 g/mol. The van der Waals surface area contributed by atoms with E-state index in [1.807, 2.05) is 0 Å². The van der Waals surface area contributed by atoms with Gasteiger partial charge in [0.25, 0.3) is 0 Å². The minimum absolute atomic E-state index is 0.409. The van der Waals surface area contributed by atoms with Gasteiger partial charge in [-0.1, -0.05) is 39.6 Å². The molecule has 0 aromatic carbocycles. The lowest BCUT2D eigenvalue weighted by molar-refractivity contribution is 0.729. The Kier molecular flexibility index (Phi) is 5.72. The van der Waals surface area contributed by atoms with Crippen LogP contribution < -0.4 is 0 Å². The van der Waals surface area contributed by atoms with Crippen molar-refractivity contribution in [2.45, 2.75) is 58.2 Å². The number of rotatable bonds is 4. The molecule has 0 saturated heterocycles. The third-order valence-electron chi connectivity index (χ3n) is 3.16. The van der Waals surface area contributed by atoms with E-state index in [9.17, 15) is 0 Å². The van der Waals surface area contributed by atoms with Gasteiger partial charge < -0.3 is 0 Å². The second-order valence-electron chi connectivity index (χ2n) is 5.58. The average Bonchev–Trinajstić information content (AvgIpc) is 2.09. The Labute approximate surface area is 96.5 Å². The summed E-state index contributed by atoms with van der Waals surface area (Å²) in [6, 6.07) is 0. The largest absolute Gasteiger partial charge is 0.134 e. The van der Waals surface area contributed by atoms with E-state index < -0.39 is 8.07 Å². The van der Waals surface area contributed by atoms with E-state index in [4.69, 9.17) is 6.42 Å². The molecule has 0 aromatic rings. The van der Waals surface area contributed by atoms with Crippen molar-refractivity contribution in [3.05, 3.63) is 17.5 Å². The van der Waals surface area contributed by atoms with E-state index in [1.54, 1.807) is 0 Å².